The van der Waals surface area contributed by atoms with Crippen LogP contribution in [0.4, 0.5) is 0 Å². The van der Waals surface area contributed by atoms with Crippen molar-refractivity contribution in [1.29, 1.82) is 0 Å². The van der Waals surface area contributed by atoms with Crippen molar-refractivity contribution in [3.63, 3.8) is 0 Å². The molecule has 3 rings (SSSR count). The number of amides is 1. The fourth-order valence-electron chi connectivity index (χ4n) is 3.89. The van der Waals surface area contributed by atoms with Gasteiger partial charge in [-0.05, 0) is 6.92 Å². The van der Waals surface area contributed by atoms with Crippen LogP contribution >= 0.6 is 24.8 Å². The fourth-order valence-corrected chi connectivity index (χ4v) is 3.89. The Bertz CT molecular complexity index is 649. The van der Waals surface area contributed by atoms with Gasteiger partial charge >= 0.3 is 0 Å². The highest BCUT2D eigenvalue weighted by Gasteiger charge is 2.63. The van der Waals surface area contributed by atoms with E-state index < -0.39 is 5.54 Å². The number of ether oxygens (including phenoxy) is 1. The van der Waals surface area contributed by atoms with Crippen LogP contribution in [-0.2, 0) is 22.5 Å². The van der Waals surface area contributed by atoms with E-state index in [2.05, 4.69) is 15.0 Å². The molecule has 2 aliphatic rings. The van der Waals surface area contributed by atoms with Gasteiger partial charge in [0.2, 0.25) is 11.8 Å². The van der Waals surface area contributed by atoms with Crippen molar-refractivity contribution in [3.8, 4) is 0 Å². The minimum Gasteiger partial charge on any atom is -0.378 e. The summed E-state index contributed by atoms with van der Waals surface area (Å²) in [6.07, 6.45) is 1.39. The van der Waals surface area contributed by atoms with Crippen LogP contribution in [0.1, 0.15) is 45.8 Å². The number of rotatable bonds is 6. The normalized spacial score (nSPS) is 26.8. The molecule has 0 aromatic carbocycles. The van der Waals surface area contributed by atoms with Crippen molar-refractivity contribution < 1.29 is 14.1 Å². The maximum atomic E-state index is 13.1. The molecule has 1 saturated heterocycles. The Labute approximate surface area is 179 Å². The predicted octanol–water partition coefficient (Wildman–Crippen LogP) is 1.65. The number of carbonyl (C=O) groups is 1. The molecule has 162 valence electrons. The van der Waals surface area contributed by atoms with Crippen molar-refractivity contribution in [1.82, 2.24) is 19.9 Å². The largest absolute Gasteiger partial charge is 0.378 e. The first kappa shape index (κ1) is 25.1. The van der Waals surface area contributed by atoms with Gasteiger partial charge in [0.05, 0.1) is 12.6 Å². The molecule has 0 radical (unpaired) electrons. The van der Waals surface area contributed by atoms with E-state index in [9.17, 15) is 4.79 Å². The van der Waals surface area contributed by atoms with E-state index in [-0.39, 0.29) is 42.2 Å². The summed E-state index contributed by atoms with van der Waals surface area (Å²) in [4.78, 5) is 21.6. The zero-order chi connectivity index (χ0) is 18.9. The smallest absolute Gasteiger partial charge is 0.243 e. The zero-order valence-electron chi connectivity index (χ0n) is 17.1. The van der Waals surface area contributed by atoms with Crippen LogP contribution in [0.3, 0.4) is 0 Å². The molecule has 1 aliphatic heterocycles. The summed E-state index contributed by atoms with van der Waals surface area (Å²) in [6, 6.07) is 0. The van der Waals surface area contributed by atoms with E-state index in [0.717, 1.165) is 19.5 Å². The Morgan fingerprint density at radius 3 is 2.39 bits per heavy atom. The second-order valence-corrected chi connectivity index (χ2v) is 7.87. The van der Waals surface area contributed by atoms with E-state index in [4.69, 9.17) is 15.0 Å². The molecule has 1 aromatic rings. The first-order chi connectivity index (χ1) is 12.3. The second-order valence-electron chi connectivity index (χ2n) is 7.87. The van der Waals surface area contributed by atoms with E-state index >= 15 is 0 Å². The average molecular weight is 438 g/mol. The number of carbonyl (C=O) groups excluding carboxylic acids is 1. The third kappa shape index (κ3) is 4.46. The maximum Gasteiger partial charge on any atom is 0.243 e. The van der Waals surface area contributed by atoms with Crippen molar-refractivity contribution in [2.75, 3.05) is 32.8 Å². The number of aromatic nitrogens is 2. The molecule has 1 aromatic heterocycles. The number of hydrogen-bond donors (Lipinski definition) is 1. The Kier molecular flexibility index (Phi) is 8.71. The Morgan fingerprint density at radius 2 is 1.89 bits per heavy atom. The molecule has 2 fully saturated rings. The summed E-state index contributed by atoms with van der Waals surface area (Å²) in [6.45, 7) is 12.2. The van der Waals surface area contributed by atoms with Crippen LogP contribution in [0.2, 0.25) is 0 Å². The summed E-state index contributed by atoms with van der Waals surface area (Å²) in [7, 11) is 0. The van der Waals surface area contributed by atoms with Crippen LogP contribution in [0.15, 0.2) is 4.52 Å². The molecule has 2 unspecified atom stereocenters. The minimum atomic E-state index is -0.835. The monoisotopic (exact) mass is 437 g/mol. The summed E-state index contributed by atoms with van der Waals surface area (Å²) in [5.41, 5.74) is 5.35. The van der Waals surface area contributed by atoms with Crippen LogP contribution in [0, 0.1) is 5.41 Å². The second kappa shape index (κ2) is 9.71. The van der Waals surface area contributed by atoms with Crippen molar-refractivity contribution in [3.05, 3.63) is 11.7 Å². The number of hydrogen-bond acceptors (Lipinski definition) is 7. The fraction of sp³-hybridized carbons (Fsp3) is 0.833. The van der Waals surface area contributed by atoms with Crippen LogP contribution < -0.4 is 5.73 Å². The summed E-state index contributed by atoms with van der Waals surface area (Å²) >= 11 is 0. The van der Waals surface area contributed by atoms with Gasteiger partial charge in [-0.25, -0.2) is 0 Å². The Morgan fingerprint density at radius 1 is 1.25 bits per heavy atom. The molecule has 2 heterocycles. The third-order valence-corrected chi connectivity index (χ3v) is 6.05. The van der Waals surface area contributed by atoms with E-state index in [1.54, 1.807) is 0 Å². The third-order valence-electron chi connectivity index (χ3n) is 6.05. The van der Waals surface area contributed by atoms with E-state index in [0.29, 0.717) is 44.4 Å². The molecule has 10 heteroatoms. The maximum absolute atomic E-state index is 13.1. The minimum absolute atomic E-state index is 0. The van der Waals surface area contributed by atoms with Gasteiger partial charge in [-0.3, -0.25) is 9.69 Å². The number of nitrogens with two attached hydrogens (primary N) is 1. The van der Waals surface area contributed by atoms with Gasteiger partial charge in [0, 0.05) is 51.0 Å². The van der Waals surface area contributed by atoms with Crippen molar-refractivity contribution >= 4 is 30.7 Å². The van der Waals surface area contributed by atoms with Gasteiger partial charge in [-0.2, -0.15) is 4.98 Å². The highest BCUT2D eigenvalue weighted by atomic mass is 35.5. The first-order valence-corrected chi connectivity index (χ1v) is 9.55. The molecular formula is C18H33Cl2N5O3. The highest BCUT2D eigenvalue weighted by Crippen LogP contribution is 2.50. The molecule has 1 amide bonds. The lowest BCUT2D eigenvalue weighted by Crippen LogP contribution is -2.76. The van der Waals surface area contributed by atoms with Gasteiger partial charge in [-0.15, -0.1) is 24.8 Å². The summed E-state index contributed by atoms with van der Waals surface area (Å²) in [5, 5.41) is 4.00. The average Bonchev–Trinajstić information content (AvgIpc) is 3.09. The van der Waals surface area contributed by atoms with Gasteiger partial charge in [-0.1, -0.05) is 25.9 Å². The van der Waals surface area contributed by atoms with E-state index in [1.807, 2.05) is 32.6 Å². The molecular weight excluding hydrogens is 405 g/mol. The van der Waals surface area contributed by atoms with E-state index in [1.165, 1.54) is 0 Å². The summed E-state index contributed by atoms with van der Waals surface area (Å²) in [5.74, 6) is 1.41. The Hall–Kier alpha value is -0.930. The quantitative estimate of drug-likeness (QED) is 0.721. The molecule has 8 nitrogen and oxygen atoms in total. The SMILES string of the molecule is CCOC1CC(N)(C(=O)N2CCN(Cc3noc(CC)n3)CC2)C1(C)C.Cl.Cl. The van der Waals surface area contributed by atoms with Crippen LogP contribution in [-0.4, -0.2) is 70.3 Å². The van der Waals surface area contributed by atoms with Crippen LogP contribution in [0.5, 0.6) is 0 Å². The van der Waals surface area contributed by atoms with Crippen molar-refractivity contribution in [2.45, 2.75) is 58.7 Å². The number of piperazine rings is 1. The molecule has 1 saturated carbocycles. The molecule has 0 bridgehead atoms. The number of aryl methyl sites for hydroxylation is 1. The number of halogens is 2. The van der Waals surface area contributed by atoms with Gasteiger partial charge < -0.3 is 19.9 Å². The molecule has 2 atom stereocenters. The molecule has 1 aliphatic carbocycles. The van der Waals surface area contributed by atoms with Gasteiger partial charge in [0.1, 0.15) is 5.54 Å². The topological polar surface area (TPSA) is 97.7 Å². The number of nitrogens with zero attached hydrogens (tertiary/aromatic N) is 4. The van der Waals surface area contributed by atoms with Crippen molar-refractivity contribution in [2.24, 2.45) is 11.1 Å². The van der Waals surface area contributed by atoms with Crippen LogP contribution in [0.25, 0.3) is 0 Å². The zero-order valence-corrected chi connectivity index (χ0v) is 18.8. The van der Waals surface area contributed by atoms with Gasteiger partial charge in [0.15, 0.2) is 5.82 Å². The molecule has 2 N–H and O–H groups in total. The lowest BCUT2D eigenvalue weighted by atomic mass is 9.54. The molecule has 28 heavy (non-hydrogen) atoms. The lowest BCUT2D eigenvalue weighted by Gasteiger charge is -2.59. The first-order valence-electron chi connectivity index (χ1n) is 9.55. The van der Waals surface area contributed by atoms with Gasteiger partial charge in [0.25, 0.3) is 0 Å². The predicted molar refractivity (Wildman–Crippen MR) is 111 cm³/mol. The summed E-state index contributed by atoms with van der Waals surface area (Å²) < 4.78 is 10.9. The Balaban J connectivity index is 0.00000196. The lowest BCUT2D eigenvalue weighted by molar-refractivity contribution is -0.180. The highest BCUT2D eigenvalue weighted by molar-refractivity contribution is 5.89. The molecule has 0 spiro atoms. The standard InChI is InChI=1S/C18H31N5O3.2ClH/c1-5-15-20-14(21-26-15)12-22-7-9-23(10-8-22)16(24)18(19)11-13(25-6-2)17(18,3)4;;/h13H,5-12,19H2,1-4H3;2*1H.